The first kappa shape index (κ1) is 26.4. The number of hydrogen-bond acceptors (Lipinski definition) is 5. The van der Waals surface area contributed by atoms with E-state index in [0.29, 0.717) is 12.2 Å². The molecule has 4 N–H and O–H groups in total. The van der Waals surface area contributed by atoms with E-state index in [1.807, 2.05) is 6.92 Å². The number of aromatic nitrogens is 2. The van der Waals surface area contributed by atoms with Crippen LogP contribution in [0.1, 0.15) is 40.5 Å². The van der Waals surface area contributed by atoms with Crippen molar-refractivity contribution < 1.29 is 17.8 Å². The summed E-state index contributed by atoms with van der Waals surface area (Å²) in [4.78, 5) is 25.7. The van der Waals surface area contributed by atoms with Crippen LogP contribution >= 0.6 is 0 Å². The Hall–Kier alpha value is -2.63. The smallest absolute Gasteiger partial charge is 0.320 e. The number of amides is 2. The van der Waals surface area contributed by atoms with Crippen molar-refractivity contribution in [3.8, 4) is 5.69 Å². The highest BCUT2D eigenvalue weighted by Crippen LogP contribution is 2.12. The van der Waals surface area contributed by atoms with Crippen molar-refractivity contribution in [1.29, 1.82) is 0 Å². The second-order valence-corrected chi connectivity index (χ2v) is 8.09. The number of H-pyrrole nitrogens is 1. The van der Waals surface area contributed by atoms with E-state index in [9.17, 15) is 18.0 Å². The van der Waals surface area contributed by atoms with E-state index in [1.165, 1.54) is 50.0 Å². The molecule has 0 saturated heterocycles. The zero-order valence-electron chi connectivity index (χ0n) is 18.5. The van der Waals surface area contributed by atoms with Gasteiger partial charge in [0.2, 0.25) is 0 Å². The molecule has 10 nitrogen and oxygen atoms in total. The number of rotatable bonds is 9. The molecular formula is C20H33N5O5S. The zero-order chi connectivity index (χ0) is 23.4. The molecule has 2 aromatic rings. The zero-order valence-corrected chi connectivity index (χ0v) is 19.3. The van der Waals surface area contributed by atoms with Gasteiger partial charge >= 0.3 is 6.03 Å². The molecule has 0 aliphatic carbocycles. The molecular weight excluding hydrogens is 422 g/mol. The summed E-state index contributed by atoms with van der Waals surface area (Å²) >= 11 is 0. The lowest BCUT2D eigenvalue weighted by molar-refractivity contribution is 0.252. The molecule has 0 atom stereocenters. The second kappa shape index (κ2) is 12.9. The lowest BCUT2D eigenvalue weighted by Crippen LogP contribution is -2.29. The molecule has 0 aliphatic rings. The van der Waals surface area contributed by atoms with Crippen molar-refractivity contribution >= 4 is 22.0 Å². The summed E-state index contributed by atoms with van der Waals surface area (Å²) in [5.74, 6) is 0.202. The van der Waals surface area contributed by atoms with E-state index in [0.717, 1.165) is 17.5 Å². The molecule has 1 heterocycles. The van der Waals surface area contributed by atoms with Gasteiger partial charge in [0.1, 0.15) is 5.82 Å². The fraction of sp³-hybridized carbons (Fsp3) is 0.500. The van der Waals surface area contributed by atoms with E-state index < -0.39 is 21.7 Å². The number of nitrogens with one attached hydrogen (secondary N) is 3. The molecule has 0 aliphatic heterocycles. The SMILES string of the molecule is CCCCNC(=O)Nc1cc(=O)n(-c2ccc(S(=O)(=O)O)cc2)[nH]1.CCN(CC)CC. The standard InChI is InChI=1S/C14H18N4O5S.C6H15N/c1-2-3-8-15-14(20)16-12-9-13(19)18(17-12)10-4-6-11(7-5-10)24(21,22)23;1-4-7(5-2)6-3/h4-7,9,17H,2-3,8H2,1H3,(H2,15,16,20)(H,21,22,23);4-6H2,1-3H3. The summed E-state index contributed by atoms with van der Waals surface area (Å²) < 4.78 is 32.1. The number of aromatic amines is 1. The molecule has 2 amide bonds. The van der Waals surface area contributed by atoms with Crippen LogP contribution in [0.3, 0.4) is 0 Å². The van der Waals surface area contributed by atoms with Crippen molar-refractivity contribution in [2.24, 2.45) is 0 Å². The Morgan fingerprint density at radius 1 is 1.10 bits per heavy atom. The van der Waals surface area contributed by atoms with Gasteiger partial charge in [0, 0.05) is 12.6 Å². The van der Waals surface area contributed by atoms with Crippen LogP contribution in [0.25, 0.3) is 5.69 Å². The summed E-state index contributed by atoms with van der Waals surface area (Å²) in [5.41, 5.74) is -0.0784. The lowest BCUT2D eigenvalue weighted by Gasteiger charge is -2.13. The molecule has 0 spiro atoms. The predicted molar refractivity (Wildman–Crippen MR) is 122 cm³/mol. The van der Waals surface area contributed by atoms with Gasteiger partial charge in [-0.15, -0.1) is 0 Å². The second-order valence-electron chi connectivity index (χ2n) is 6.67. The molecule has 0 radical (unpaired) electrons. The van der Waals surface area contributed by atoms with Gasteiger partial charge in [-0.2, -0.15) is 8.42 Å². The molecule has 0 bridgehead atoms. The maximum Gasteiger partial charge on any atom is 0.320 e. The van der Waals surface area contributed by atoms with Crippen molar-refractivity contribution in [2.45, 2.75) is 45.4 Å². The Bertz CT molecular complexity index is 957. The number of benzene rings is 1. The Balaban J connectivity index is 0.000000592. The number of nitrogens with zero attached hydrogens (tertiary/aromatic N) is 2. The van der Waals surface area contributed by atoms with Crippen molar-refractivity contribution in [2.75, 3.05) is 31.5 Å². The van der Waals surface area contributed by atoms with Gasteiger partial charge in [-0.3, -0.25) is 19.8 Å². The number of carbonyl (C=O) groups excluding carboxylic acids is 1. The number of unbranched alkanes of at least 4 members (excludes halogenated alkanes) is 1. The summed E-state index contributed by atoms with van der Waals surface area (Å²) in [6, 6.07) is 5.82. The molecule has 0 fully saturated rings. The molecule has 174 valence electrons. The van der Waals surface area contributed by atoms with E-state index in [4.69, 9.17) is 4.55 Å². The first-order valence-corrected chi connectivity index (χ1v) is 11.8. The van der Waals surface area contributed by atoms with Crippen LogP contribution < -0.4 is 16.2 Å². The molecule has 2 rings (SSSR count). The average Bonchev–Trinajstić information content (AvgIpc) is 3.09. The van der Waals surface area contributed by atoms with Gasteiger partial charge in [0.05, 0.1) is 10.6 Å². The van der Waals surface area contributed by atoms with E-state index in [1.54, 1.807) is 0 Å². The predicted octanol–water partition coefficient (Wildman–Crippen LogP) is 2.68. The molecule has 11 heteroatoms. The third-order valence-electron chi connectivity index (χ3n) is 4.52. The molecule has 31 heavy (non-hydrogen) atoms. The fourth-order valence-electron chi connectivity index (χ4n) is 2.63. The largest absolute Gasteiger partial charge is 0.338 e. The summed E-state index contributed by atoms with van der Waals surface area (Å²) in [7, 11) is -4.30. The minimum Gasteiger partial charge on any atom is -0.338 e. The highest BCUT2D eigenvalue weighted by atomic mass is 32.2. The number of hydrogen-bond donors (Lipinski definition) is 4. The monoisotopic (exact) mass is 455 g/mol. The third-order valence-corrected chi connectivity index (χ3v) is 5.39. The molecule has 0 unspecified atom stereocenters. The van der Waals surface area contributed by atoms with Crippen molar-refractivity contribution in [1.82, 2.24) is 20.0 Å². The maximum absolute atomic E-state index is 12.0. The normalized spacial score (nSPS) is 11.0. The third kappa shape index (κ3) is 8.95. The quantitative estimate of drug-likeness (QED) is 0.339. The van der Waals surface area contributed by atoms with Crippen molar-refractivity contribution in [3.63, 3.8) is 0 Å². The van der Waals surface area contributed by atoms with Gasteiger partial charge in [-0.05, 0) is 50.3 Å². The van der Waals surface area contributed by atoms with Crippen LogP contribution in [0.5, 0.6) is 0 Å². The van der Waals surface area contributed by atoms with Gasteiger partial charge < -0.3 is 10.2 Å². The Morgan fingerprint density at radius 3 is 2.13 bits per heavy atom. The molecule has 1 aromatic heterocycles. The average molecular weight is 456 g/mol. The fourth-order valence-corrected chi connectivity index (χ4v) is 3.11. The topological polar surface area (TPSA) is 137 Å². The maximum atomic E-state index is 12.0. The van der Waals surface area contributed by atoms with Crippen LogP contribution in [0.2, 0.25) is 0 Å². The van der Waals surface area contributed by atoms with Crippen LogP contribution in [0.15, 0.2) is 40.0 Å². The van der Waals surface area contributed by atoms with Crippen LogP contribution in [0, 0.1) is 0 Å². The first-order valence-electron chi connectivity index (χ1n) is 10.3. The number of anilines is 1. The Labute approximate surface area is 183 Å². The lowest BCUT2D eigenvalue weighted by atomic mass is 10.3. The Morgan fingerprint density at radius 2 is 1.68 bits per heavy atom. The molecule has 0 saturated carbocycles. The Kier molecular flexibility index (Phi) is 11.0. The highest BCUT2D eigenvalue weighted by Gasteiger charge is 2.11. The number of urea groups is 1. The van der Waals surface area contributed by atoms with E-state index in [-0.39, 0.29) is 10.7 Å². The first-order chi connectivity index (χ1) is 14.7. The van der Waals surface area contributed by atoms with Crippen LogP contribution in [-0.4, -0.2) is 59.9 Å². The van der Waals surface area contributed by atoms with Crippen molar-refractivity contribution in [3.05, 3.63) is 40.7 Å². The number of carbonyl (C=O) groups is 1. The van der Waals surface area contributed by atoms with Gasteiger partial charge in [0.15, 0.2) is 0 Å². The minimum atomic E-state index is -4.30. The van der Waals surface area contributed by atoms with Crippen LogP contribution in [-0.2, 0) is 10.1 Å². The van der Waals surface area contributed by atoms with Gasteiger partial charge in [-0.25, -0.2) is 9.48 Å². The van der Waals surface area contributed by atoms with Gasteiger partial charge in [0.25, 0.3) is 15.7 Å². The van der Waals surface area contributed by atoms with Gasteiger partial charge in [-0.1, -0.05) is 34.1 Å². The summed E-state index contributed by atoms with van der Waals surface area (Å²) in [5, 5.41) is 7.85. The minimum absolute atomic E-state index is 0.202. The molecule has 1 aromatic carbocycles. The summed E-state index contributed by atoms with van der Waals surface area (Å²) in [6.45, 7) is 12.7. The highest BCUT2D eigenvalue weighted by molar-refractivity contribution is 7.85. The summed E-state index contributed by atoms with van der Waals surface area (Å²) in [6.07, 6.45) is 1.80. The van der Waals surface area contributed by atoms with Crippen LogP contribution in [0.4, 0.5) is 10.6 Å². The van der Waals surface area contributed by atoms with E-state index in [2.05, 4.69) is 41.4 Å². The van der Waals surface area contributed by atoms with E-state index >= 15 is 0 Å².